The Bertz CT molecular complexity index is 3440. The molecule has 0 fully saturated rings. The van der Waals surface area contributed by atoms with Crippen LogP contribution < -0.4 is 19.3 Å². The molecule has 71 heavy (non-hydrogen) atoms. The van der Waals surface area contributed by atoms with Crippen molar-refractivity contribution in [3.8, 4) is 11.5 Å². The highest BCUT2D eigenvalue weighted by molar-refractivity contribution is 6.35. The minimum atomic E-state index is -1.10. The van der Waals surface area contributed by atoms with Gasteiger partial charge in [-0.3, -0.25) is 24.0 Å². The predicted octanol–water partition coefficient (Wildman–Crippen LogP) is 10.9. The van der Waals surface area contributed by atoms with Gasteiger partial charge in [-0.2, -0.15) is 0 Å². The Hall–Kier alpha value is -9.35. The zero-order chi connectivity index (χ0) is 49.5. The molecule has 2 heterocycles. The van der Waals surface area contributed by atoms with Gasteiger partial charge in [-0.25, -0.2) is 19.4 Å². The lowest BCUT2D eigenvalue weighted by Gasteiger charge is -2.41. The van der Waals surface area contributed by atoms with Crippen molar-refractivity contribution >= 4 is 52.7 Å². The largest absolute Gasteiger partial charge is 0.423 e. The number of fused-ring (bicyclic) bond motifs is 4. The van der Waals surface area contributed by atoms with Crippen molar-refractivity contribution in [1.29, 1.82) is 0 Å². The summed E-state index contributed by atoms with van der Waals surface area (Å²) in [6.07, 6.45) is 0. The van der Waals surface area contributed by atoms with Crippen LogP contribution in [0.4, 0.5) is 11.4 Å². The first-order valence-corrected chi connectivity index (χ1v) is 22.8. The van der Waals surface area contributed by atoms with Crippen molar-refractivity contribution in [3.05, 3.63) is 259 Å². The highest BCUT2D eigenvalue weighted by atomic mass is 16.5. The molecule has 0 N–H and O–H groups in total. The molecular weight excluding hydrogens is 893 g/mol. The molecule has 0 saturated carbocycles. The van der Waals surface area contributed by atoms with Crippen molar-refractivity contribution in [2.75, 3.05) is 9.80 Å². The number of esters is 2. The normalized spacial score (nSPS) is 14.2. The number of imide groups is 2. The molecule has 0 radical (unpaired) electrons. The van der Waals surface area contributed by atoms with Gasteiger partial charge in [0.2, 0.25) is 0 Å². The Balaban J connectivity index is 0.889. The summed E-state index contributed by atoms with van der Waals surface area (Å²) in [6.45, 7) is 7.69. The quantitative estimate of drug-likeness (QED) is 0.0826. The third-order valence-electron chi connectivity index (χ3n) is 13.9. The number of rotatable bonds is 8. The van der Waals surface area contributed by atoms with Crippen LogP contribution in [-0.2, 0) is 5.41 Å². The SMILES string of the molecule is Cc1ccc(N2C(=O)c3ccc(C(=O)Oc4ccc(C5(c6ccc(OC(=O)c7ccc8c(c7)C(=O)N(c7ccc(C)c(C)c7)C8=O)cc6)c6ccccc6C(=O)c6ccccc65)cc4)cc3C2=O)cc1C. The van der Waals surface area contributed by atoms with E-state index in [9.17, 15) is 33.6 Å². The van der Waals surface area contributed by atoms with Crippen LogP contribution >= 0.6 is 0 Å². The highest BCUT2D eigenvalue weighted by Gasteiger charge is 2.46. The van der Waals surface area contributed by atoms with E-state index < -0.39 is 41.0 Å². The second kappa shape index (κ2) is 16.7. The van der Waals surface area contributed by atoms with Gasteiger partial charge in [0, 0.05) is 11.1 Å². The molecular formula is C60H40N2O9. The summed E-state index contributed by atoms with van der Waals surface area (Å²) in [5.41, 5.74) is 8.31. The molecule has 3 aliphatic rings. The number of nitrogens with zero attached hydrogens (tertiary/aromatic N) is 2. The van der Waals surface area contributed by atoms with E-state index in [0.717, 1.165) is 43.2 Å². The first-order chi connectivity index (χ1) is 34.2. The van der Waals surface area contributed by atoms with Crippen molar-refractivity contribution in [2.45, 2.75) is 33.1 Å². The standard InChI is InChI=1S/C60H40N2O9/c1-33-13-21-41(29-35(33)3)61-54(64)45-27-15-37(31-49(45)56(61)66)58(68)70-43-23-17-39(18-24-43)60(51-11-7-5-9-47(51)53(63)48-10-6-8-12-52(48)60)40-19-25-44(26-20-40)71-59(69)38-16-28-46-50(32-38)57(67)62(55(46)65)42-22-14-34(2)36(4)30-42/h5-32H,1-4H3. The number of amides is 4. The van der Waals surface area contributed by atoms with Crippen molar-refractivity contribution in [3.63, 3.8) is 0 Å². The molecule has 11 rings (SSSR count). The van der Waals surface area contributed by atoms with E-state index in [2.05, 4.69) is 0 Å². The fourth-order valence-electron chi connectivity index (χ4n) is 9.91. The average molecular weight is 933 g/mol. The summed E-state index contributed by atoms with van der Waals surface area (Å²) in [5, 5.41) is 0. The molecule has 0 saturated heterocycles. The molecule has 0 aromatic heterocycles. The maximum Gasteiger partial charge on any atom is 0.343 e. The summed E-state index contributed by atoms with van der Waals surface area (Å²) >= 11 is 0. The summed E-state index contributed by atoms with van der Waals surface area (Å²) in [5.74, 6) is -3.21. The molecule has 11 nitrogen and oxygen atoms in total. The van der Waals surface area contributed by atoms with E-state index in [-0.39, 0.29) is 50.7 Å². The van der Waals surface area contributed by atoms with Gasteiger partial charge >= 0.3 is 11.9 Å². The monoisotopic (exact) mass is 932 g/mol. The zero-order valence-corrected chi connectivity index (χ0v) is 38.7. The van der Waals surface area contributed by atoms with Gasteiger partial charge in [-0.1, -0.05) is 84.9 Å². The molecule has 0 spiro atoms. The molecule has 0 bridgehead atoms. The van der Waals surface area contributed by atoms with E-state index in [1.807, 2.05) is 100 Å². The number of ketones is 1. The Labute approximate surface area is 407 Å². The molecule has 344 valence electrons. The minimum absolute atomic E-state index is 0.0846. The van der Waals surface area contributed by atoms with E-state index in [4.69, 9.17) is 9.47 Å². The first kappa shape index (κ1) is 44.2. The van der Waals surface area contributed by atoms with Gasteiger partial charge in [0.1, 0.15) is 11.5 Å². The van der Waals surface area contributed by atoms with Crippen LogP contribution in [0.5, 0.6) is 11.5 Å². The molecule has 8 aromatic rings. The highest BCUT2D eigenvalue weighted by Crippen LogP contribution is 2.51. The first-order valence-electron chi connectivity index (χ1n) is 22.8. The van der Waals surface area contributed by atoms with Gasteiger partial charge in [-0.05, 0) is 157 Å². The zero-order valence-electron chi connectivity index (χ0n) is 38.7. The molecule has 1 aliphatic carbocycles. The maximum absolute atomic E-state index is 14.1. The number of carbonyl (C=O) groups is 7. The third kappa shape index (κ3) is 7.00. The lowest BCUT2D eigenvalue weighted by atomic mass is 9.59. The number of carbonyl (C=O) groups excluding carboxylic acids is 7. The van der Waals surface area contributed by atoms with Crippen LogP contribution in [0.1, 0.15) is 123 Å². The van der Waals surface area contributed by atoms with E-state index in [1.165, 1.54) is 36.4 Å². The number of benzene rings is 8. The van der Waals surface area contributed by atoms with Gasteiger partial charge in [0.05, 0.1) is 50.2 Å². The maximum atomic E-state index is 14.1. The van der Waals surface area contributed by atoms with Gasteiger partial charge in [-0.15, -0.1) is 0 Å². The lowest BCUT2D eigenvalue weighted by Crippen LogP contribution is -2.38. The number of ether oxygens (including phenoxy) is 2. The summed E-state index contributed by atoms with van der Waals surface area (Å²) in [6, 6.07) is 48.0. The average Bonchev–Trinajstić information content (AvgIpc) is 3.79. The van der Waals surface area contributed by atoms with Crippen molar-refractivity contribution in [1.82, 2.24) is 0 Å². The van der Waals surface area contributed by atoms with Crippen LogP contribution in [-0.4, -0.2) is 41.4 Å². The van der Waals surface area contributed by atoms with Crippen LogP contribution in [0, 0.1) is 27.7 Å². The summed E-state index contributed by atoms with van der Waals surface area (Å²) in [4.78, 5) is 97.7. The van der Waals surface area contributed by atoms with Gasteiger partial charge in [0.25, 0.3) is 23.6 Å². The minimum Gasteiger partial charge on any atom is -0.423 e. The number of hydrogen-bond acceptors (Lipinski definition) is 9. The Kier molecular flexibility index (Phi) is 10.4. The van der Waals surface area contributed by atoms with Crippen molar-refractivity contribution in [2.24, 2.45) is 0 Å². The van der Waals surface area contributed by atoms with E-state index in [1.54, 1.807) is 60.7 Å². The molecule has 4 amide bonds. The number of aryl methyl sites for hydroxylation is 4. The number of anilines is 2. The van der Waals surface area contributed by atoms with Crippen LogP contribution in [0.3, 0.4) is 0 Å². The predicted molar refractivity (Wildman–Crippen MR) is 265 cm³/mol. The third-order valence-corrected chi connectivity index (χ3v) is 13.9. The van der Waals surface area contributed by atoms with Gasteiger partial charge in [0.15, 0.2) is 5.78 Å². The Morgan fingerprint density at radius 2 is 0.761 bits per heavy atom. The molecule has 11 heteroatoms. The van der Waals surface area contributed by atoms with E-state index >= 15 is 0 Å². The summed E-state index contributed by atoms with van der Waals surface area (Å²) in [7, 11) is 0. The fourth-order valence-corrected chi connectivity index (χ4v) is 9.91. The molecule has 0 atom stereocenters. The second-order valence-corrected chi connectivity index (χ2v) is 17.9. The molecule has 2 aliphatic heterocycles. The van der Waals surface area contributed by atoms with Crippen LogP contribution in [0.15, 0.2) is 170 Å². The number of hydrogen-bond donors (Lipinski definition) is 0. The van der Waals surface area contributed by atoms with Crippen molar-refractivity contribution < 1.29 is 43.0 Å². The second-order valence-electron chi connectivity index (χ2n) is 17.9. The summed E-state index contributed by atoms with van der Waals surface area (Å²) < 4.78 is 11.7. The van der Waals surface area contributed by atoms with Crippen LogP contribution in [0.25, 0.3) is 0 Å². The van der Waals surface area contributed by atoms with E-state index in [0.29, 0.717) is 33.6 Å². The smallest absolute Gasteiger partial charge is 0.343 e. The lowest BCUT2D eigenvalue weighted by molar-refractivity contribution is 0.0725. The Morgan fingerprint density at radius 1 is 0.380 bits per heavy atom. The fraction of sp³-hybridized carbons (Fsp3) is 0.0833. The Morgan fingerprint density at radius 3 is 1.15 bits per heavy atom. The molecule has 8 aromatic carbocycles. The molecule has 0 unspecified atom stereocenters. The topological polar surface area (TPSA) is 144 Å². The van der Waals surface area contributed by atoms with Gasteiger partial charge < -0.3 is 9.47 Å². The van der Waals surface area contributed by atoms with Crippen LogP contribution in [0.2, 0.25) is 0 Å².